The molecule has 2 N–H and O–H groups in total. The number of rotatable bonds is 9. The molecule has 7 nitrogen and oxygen atoms in total. The molecule has 0 bridgehead atoms. The van der Waals surface area contributed by atoms with Crippen LogP contribution in [0.2, 0.25) is 0 Å². The van der Waals surface area contributed by atoms with E-state index in [1.54, 1.807) is 0 Å². The van der Waals surface area contributed by atoms with Crippen LogP contribution in [-0.2, 0) is 27.4 Å². The molecule has 0 aliphatic rings. The lowest BCUT2D eigenvalue weighted by atomic mass is 10.1. The number of fused-ring (bicyclic) bond motifs is 1. The van der Waals surface area contributed by atoms with Crippen LogP contribution in [0.5, 0.6) is 0 Å². The Morgan fingerprint density at radius 3 is 2.61 bits per heavy atom. The van der Waals surface area contributed by atoms with Crippen molar-refractivity contribution in [1.29, 1.82) is 0 Å². The topological polar surface area (TPSA) is 85.6 Å². The van der Waals surface area contributed by atoms with E-state index < -0.39 is 11.5 Å². The van der Waals surface area contributed by atoms with Gasteiger partial charge in [0.15, 0.2) is 0 Å². The number of nitrogens with one attached hydrogen (secondary N) is 1. The van der Waals surface area contributed by atoms with Gasteiger partial charge in [0.05, 0.1) is 36.6 Å². The number of amides is 1. The highest BCUT2D eigenvalue weighted by Gasteiger charge is 2.21. The van der Waals surface area contributed by atoms with Gasteiger partial charge in [-0.25, -0.2) is 5.48 Å². The number of benzene rings is 2. The molecule has 1 heterocycles. The van der Waals surface area contributed by atoms with Crippen LogP contribution in [0.3, 0.4) is 0 Å². The largest absolute Gasteiger partial charge is 0.369 e. The summed E-state index contributed by atoms with van der Waals surface area (Å²) in [5.41, 5.74) is 4.01. The van der Waals surface area contributed by atoms with Gasteiger partial charge in [0.2, 0.25) is 0 Å². The van der Waals surface area contributed by atoms with Crippen LogP contribution in [0.25, 0.3) is 10.9 Å². The van der Waals surface area contributed by atoms with Crippen molar-refractivity contribution in [3.63, 3.8) is 0 Å². The summed E-state index contributed by atoms with van der Waals surface area (Å²) < 4.78 is 13.3. The molecule has 1 aromatic heterocycles. The van der Waals surface area contributed by atoms with Gasteiger partial charge in [0.1, 0.15) is 6.61 Å². The van der Waals surface area contributed by atoms with Crippen molar-refractivity contribution < 1.29 is 19.5 Å². The molecule has 0 aliphatic heterocycles. The predicted octanol–water partition coefficient (Wildman–Crippen LogP) is 2.90. The highest BCUT2D eigenvalue weighted by molar-refractivity contribution is 5.82. The molecule has 7 heteroatoms. The second-order valence-electron chi connectivity index (χ2n) is 7.18. The Morgan fingerprint density at radius 1 is 1.14 bits per heavy atom. The number of carbonyl (C=O) groups is 1. The number of para-hydroxylation sites is 1. The lowest BCUT2D eigenvalue weighted by Crippen LogP contribution is -2.33. The summed E-state index contributed by atoms with van der Waals surface area (Å²) in [5, 5.41) is 14.3. The molecule has 28 heavy (non-hydrogen) atoms. The molecule has 3 aromatic rings. The molecule has 2 aromatic carbocycles. The predicted molar refractivity (Wildman–Crippen MR) is 105 cm³/mol. The molecule has 1 amide bonds. The maximum Gasteiger partial charge on any atom is 0.269 e. The average Bonchev–Trinajstić information content (AvgIpc) is 3.05. The normalized spacial score (nSPS) is 11.7. The zero-order valence-corrected chi connectivity index (χ0v) is 16.1. The molecular weight excluding hydrogens is 358 g/mol. The summed E-state index contributed by atoms with van der Waals surface area (Å²) in [6.07, 6.45) is 0. The van der Waals surface area contributed by atoms with E-state index in [0.29, 0.717) is 13.2 Å². The van der Waals surface area contributed by atoms with Crippen LogP contribution in [0, 0.1) is 0 Å². The first kappa shape index (κ1) is 20.0. The Labute approximate surface area is 163 Å². The third-order valence-electron chi connectivity index (χ3n) is 4.32. The molecule has 0 saturated heterocycles. The molecule has 0 radical (unpaired) electrons. The summed E-state index contributed by atoms with van der Waals surface area (Å²) in [6.45, 7) is 4.76. The summed E-state index contributed by atoms with van der Waals surface area (Å²) in [7, 11) is 0. The van der Waals surface area contributed by atoms with Gasteiger partial charge in [-0.2, -0.15) is 5.10 Å². The summed E-state index contributed by atoms with van der Waals surface area (Å²) in [5.74, 6) is -0.596. The van der Waals surface area contributed by atoms with Crippen LogP contribution in [0.4, 0.5) is 0 Å². The van der Waals surface area contributed by atoms with Crippen molar-refractivity contribution in [2.75, 3.05) is 13.2 Å². The molecule has 0 atom stereocenters. The quantitative estimate of drug-likeness (QED) is 0.438. The number of nitrogens with zero attached hydrogens (tertiary/aromatic N) is 2. The second kappa shape index (κ2) is 8.97. The van der Waals surface area contributed by atoms with E-state index in [9.17, 15) is 4.79 Å². The highest BCUT2D eigenvalue weighted by atomic mass is 16.5. The van der Waals surface area contributed by atoms with Crippen LogP contribution >= 0.6 is 0 Å². The van der Waals surface area contributed by atoms with Crippen LogP contribution in [0.1, 0.15) is 25.1 Å². The van der Waals surface area contributed by atoms with Gasteiger partial charge >= 0.3 is 0 Å². The summed E-state index contributed by atoms with van der Waals surface area (Å²) >= 11 is 0. The zero-order chi connectivity index (χ0) is 20.0. The number of ether oxygens (including phenoxy) is 2. The lowest BCUT2D eigenvalue weighted by molar-refractivity contribution is -0.138. The van der Waals surface area contributed by atoms with Gasteiger partial charge in [-0.05, 0) is 25.5 Å². The Bertz CT molecular complexity index is 922. The minimum absolute atomic E-state index is 0.211. The molecule has 148 valence electrons. The molecule has 0 spiro atoms. The lowest BCUT2D eigenvalue weighted by Gasteiger charge is -2.24. The van der Waals surface area contributed by atoms with Gasteiger partial charge in [-0.1, -0.05) is 48.5 Å². The Balaban J connectivity index is 1.70. The first-order valence-corrected chi connectivity index (χ1v) is 9.11. The molecule has 0 saturated carbocycles. The Kier molecular flexibility index (Phi) is 6.41. The molecule has 0 fully saturated rings. The number of hydrogen-bond donors (Lipinski definition) is 2. The van der Waals surface area contributed by atoms with Gasteiger partial charge < -0.3 is 9.47 Å². The smallest absolute Gasteiger partial charge is 0.269 e. The minimum atomic E-state index is -0.611. The van der Waals surface area contributed by atoms with Crippen molar-refractivity contribution >= 4 is 16.8 Å². The van der Waals surface area contributed by atoms with E-state index in [4.69, 9.17) is 19.8 Å². The fraction of sp³-hybridized carbons (Fsp3) is 0.333. The molecule has 0 unspecified atom stereocenters. The van der Waals surface area contributed by atoms with Crippen molar-refractivity contribution in [3.8, 4) is 0 Å². The van der Waals surface area contributed by atoms with E-state index in [1.165, 1.54) is 11.0 Å². The van der Waals surface area contributed by atoms with Crippen molar-refractivity contribution in [2.45, 2.75) is 32.6 Å². The number of hydrogen-bond acceptors (Lipinski definition) is 5. The third-order valence-corrected chi connectivity index (χ3v) is 4.32. The van der Waals surface area contributed by atoms with Crippen molar-refractivity contribution in [3.05, 3.63) is 65.9 Å². The Morgan fingerprint density at radius 2 is 1.86 bits per heavy atom. The minimum Gasteiger partial charge on any atom is -0.369 e. The van der Waals surface area contributed by atoms with Gasteiger partial charge in [-0.15, -0.1) is 0 Å². The maximum absolute atomic E-state index is 11.0. The Hall–Kier alpha value is -2.74. The third kappa shape index (κ3) is 5.16. The van der Waals surface area contributed by atoms with Crippen LogP contribution < -0.4 is 5.48 Å². The second-order valence-corrected chi connectivity index (χ2v) is 7.18. The standard InChI is InChI=1S/C21H25N3O4/c1-21(2,15-27-14-20(25)23-26)28-13-18-17-10-6-7-11-19(17)24(22-18)12-16-8-4-3-5-9-16/h3-11,26H,12-15H2,1-2H3,(H,23,25). The van der Waals surface area contributed by atoms with Gasteiger partial charge in [-0.3, -0.25) is 14.7 Å². The fourth-order valence-corrected chi connectivity index (χ4v) is 2.91. The van der Waals surface area contributed by atoms with E-state index in [1.807, 2.05) is 54.9 Å². The molecule has 3 rings (SSSR count). The number of carbonyl (C=O) groups excluding carboxylic acids is 1. The van der Waals surface area contributed by atoms with Crippen LogP contribution in [0.15, 0.2) is 54.6 Å². The van der Waals surface area contributed by atoms with Gasteiger partial charge in [0, 0.05) is 5.39 Å². The van der Waals surface area contributed by atoms with Crippen molar-refractivity contribution in [1.82, 2.24) is 15.3 Å². The van der Waals surface area contributed by atoms with E-state index in [-0.39, 0.29) is 13.2 Å². The maximum atomic E-state index is 11.0. The highest BCUT2D eigenvalue weighted by Crippen LogP contribution is 2.22. The van der Waals surface area contributed by atoms with Gasteiger partial charge in [0.25, 0.3) is 5.91 Å². The molecular formula is C21H25N3O4. The number of hydroxylamine groups is 1. The first-order chi connectivity index (χ1) is 13.5. The zero-order valence-electron chi connectivity index (χ0n) is 16.1. The van der Waals surface area contributed by atoms with E-state index >= 15 is 0 Å². The monoisotopic (exact) mass is 383 g/mol. The fourth-order valence-electron chi connectivity index (χ4n) is 2.91. The van der Waals surface area contributed by atoms with Crippen LogP contribution in [-0.4, -0.2) is 39.7 Å². The summed E-state index contributed by atoms with van der Waals surface area (Å²) in [6, 6.07) is 18.3. The summed E-state index contributed by atoms with van der Waals surface area (Å²) in [4.78, 5) is 11.0. The van der Waals surface area contributed by atoms with Crippen molar-refractivity contribution in [2.24, 2.45) is 0 Å². The number of aromatic nitrogens is 2. The first-order valence-electron chi connectivity index (χ1n) is 9.11. The average molecular weight is 383 g/mol. The SMILES string of the molecule is CC(C)(COCC(=O)NO)OCc1nn(Cc2ccccc2)c2ccccc12. The molecule has 0 aliphatic carbocycles. The van der Waals surface area contributed by atoms with E-state index in [0.717, 1.165) is 16.6 Å². The van der Waals surface area contributed by atoms with E-state index in [2.05, 4.69) is 18.2 Å².